The van der Waals surface area contributed by atoms with Crippen molar-refractivity contribution in [2.45, 2.75) is 38.5 Å². The molecule has 3 rings (SSSR count). The van der Waals surface area contributed by atoms with Crippen molar-refractivity contribution >= 4 is 11.4 Å². The van der Waals surface area contributed by atoms with Gasteiger partial charge in [-0.25, -0.2) is 0 Å². The van der Waals surface area contributed by atoms with Gasteiger partial charge >= 0.3 is 0 Å². The molecule has 3 aromatic carbocycles. The van der Waals surface area contributed by atoms with Crippen molar-refractivity contribution in [3.63, 3.8) is 0 Å². The van der Waals surface area contributed by atoms with Crippen molar-refractivity contribution < 1.29 is 0 Å². The van der Waals surface area contributed by atoms with Gasteiger partial charge in [0, 0.05) is 11.4 Å². The molecule has 0 aromatic heterocycles. The Balaban J connectivity index is 1.65. The zero-order valence-corrected chi connectivity index (χ0v) is 15.7. The van der Waals surface area contributed by atoms with Crippen LogP contribution in [0.25, 0.3) is 0 Å². The van der Waals surface area contributed by atoms with Gasteiger partial charge in [-0.15, -0.1) is 0 Å². The quantitative estimate of drug-likeness (QED) is 0.577. The molecule has 0 aliphatic rings. The molecule has 0 radical (unpaired) electrons. The molecule has 3 aromatic rings. The van der Waals surface area contributed by atoms with Crippen LogP contribution in [0.4, 0.5) is 11.4 Å². The number of nitrogens with two attached hydrogens (primary N) is 2. The second kappa shape index (κ2) is 8.09. The van der Waals surface area contributed by atoms with Gasteiger partial charge in [0.15, 0.2) is 0 Å². The molecule has 0 heterocycles. The van der Waals surface area contributed by atoms with Crippen LogP contribution in [0.3, 0.4) is 0 Å². The Bertz CT molecular complexity index is 780. The highest BCUT2D eigenvalue weighted by molar-refractivity contribution is 5.42. The molecule has 0 saturated heterocycles. The molecule has 0 bridgehead atoms. The van der Waals surface area contributed by atoms with Gasteiger partial charge in [0.2, 0.25) is 0 Å². The van der Waals surface area contributed by atoms with Crippen LogP contribution in [0, 0.1) is 0 Å². The van der Waals surface area contributed by atoms with Gasteiger partial charge in [-0.05, 0) is 71.2 Å². The number of benzene rings is 3. The minimum Gasteiger partial charge on any atom is -0.399 e. The van der Waals surface area contributed by atoms with Crippen LogP contribution in [0.1, 0.15) is 47.9 Å². The van der Waals surface area contributed by atoms with Gasteiger partial charge in [-0.3, -0.25) is 0 Å². The smallest absolute Gasteiger partial charge is 0.0316 e. The summed E-state index contributed by atoms with van der Waals surface area (Å²) in [6, 6.07) is 25.4. The molecule has 26 heavy (non-hydrogen) atoms. The third-order valence-corrected chi connectivity index (χ3v) is 5.06. The molecule has 0 fully saturated rings. The summed E-state index contributed by atoms with van der Waals surface area (Å²) in [7, 11) is 0. The Morgan fingerprint density at radius 1 is 0.615 bits per heavy atom. The van der Waals surface area contributed by atoms with Gasteiger partial charge in [-0.1, -0.05) is 62.4 Å². The van der Waals surface area contributed by atoms with E-state index in [0.29, 0.717) is 11.8 Å². The summed E-state index contributed by atoms with van der Waals surface area (Å²) in [5.41, 5.74) is 18.8. The van der Waals surface area contributed by atoms with Gasteiger partial charge in [0.05, 0.1) is 0 Å². The molecule has 0 amide bonds. The van der Waals surface area contributed by atoms with Crippen molar-refractivity contribution in [3.05, 3.63) is 95.1 Å². The van der Waals surface area contributed by atoms with E-state index in [-0.39, 0.29) is 0 Å². The monoisotopic (exact) mass is 344 g/mol. The summed E-state index contributed by atoms with van der Waals surface area (Å²) in [6.45, 7) is 4.54. The fourth-order valence-corrected chi connectivity index (χ4v) is 3.54. The van der Waals surface area contributed by atoms with E-state index in [4.69, 9.17) is 11.5 Å². The first-order valence-corrected chi connectivity index (χ1v) is 9.30. The third kappa shape index (κ3) is 4.66. The highest BCUT2D eigenvalue weighted by Gasteiger charge is 2.10. The second-order valence-electron chi connectivity index (χ2n) is 7.37. The lowest BCUT2D eigenvalue weighted by Gasteiger charge is -2.16. The van der Waals surface area contributed by atoms with E-state index in [0.717, 1.165) is 24.2 Å². The highest BCUT2D eigenvalue weighted by atomic mass is 14.5. The number of anilines is 2. The van der Waals surface area contributed by atoms with Crippen LogP contribution in [0.5, 0.6) is 0 Å². The topological polar surface area (TPSA) is 52.0 Å². The van der Waals surface area contributed by atoms with E-state index in [1.807, 2.05) is 24.3 Å². The molecule has 0 aliphatic carbocycles. The Labute approximate surface area is 156 Å². The molecule has 4 N–H and O–H groups in total. The zero-order valence-electron chi connectivity index (χ0n) is 15.7. The average Bonchev–Trinajstić information content (AvgIpc) is 2.62. The molecule has 2 unspecified atom stereocenters. The highest BCUT2D eigenvalue weighted by Crippen LogP contribution is 2.26. The van der Waals surface area contributed by atoms with Gasteiger partial charge in [-0.2, -0.15) is 0 Å². The second-order valence-corrected chi connectivity index (χ2v) is 7.37. The predicted molar refractivity (Wildman–Crippen MR) is 112 cm³/mol. The Morgan fingerprint density at radius 2 is 1.00 bits per heavy atom. The summed E-state index contributed by atoms with van der Waals surface area (Å²) >= 11 is 0. The lowest BCUT2D eigenvalue weighted by Crippen LogP contribution is -2.02. The van der Waals surface area contributed by atoms with E-state index in [1.165, 1.54) is 22.3 Å². The lowest BCUT2D eigenvalue weighted by molar-refractivity contribution is 0.744. The first-order valence-electron chi connectivity index (χ1n) is 9.30. The Hall–Kier alpha value is -2.74. The molecule has 134 valence electrons. The van der Waals surface area contributed by atoms with Crippen molar-refractivity contribution in [3.8, 4) is 0 Å². The molecule has 0 aliphatic heterocycles. The zero-order chi connectivity index (χ0) is 18.5. The minimum atomic E-state index is 0.468. The molecule has 2 nitrogen and oxygen atoms in total. The van der Waals surface area contributed by atoms with E-state index < -0.39 is 0 Å². The maximum Gasteiger partial charge on any atom is 0.0316 e. The van der Waals surface area contributed by atoms with Crippen LogP contribution in [-0.2, 0) is 12.8 Å². The molecule has 0 spiro atoms. The molecular formula is C24H28N2. The number of hydrogen-bond acceptors (Lipinski definition) is 2. The first kappa shape index (κ1) is 18.1. The summed E-state index contributed by atoms with van der Waals surface area (Å²) in [5.74, 6) is 0.935. The summed E-state index contributed by atoms with van der Waals surface area (Å²) in [4.78, 5) is 0. The first-order chi connectivity index (χ1) is 12.5. The van der Waals surface area contributed by atoms with Gasteiger partial charge in [0.25, 0.3) is 0 Å². The van der Waals surface area contributed by atoms with Crippen LogP contribution >= 0.6 is 0 Å². The third-order valence-electron chi connectivity index (χ3n) is 5.06. The number of rotatable bonds is 6. The van der Waals surface area contributed by atoms with E-state index in [2.05, 4.69) is 62.4 Å². The normalized spacial score (nSPS) is 13.3. The summed E-state index contributed by atoms with van der Waals surface area (Å²) < 4.78 is 0. The van der Waals surface area contributed by atoms with Crippen LogP contribution in [0.15, 0.2) is 72.8 Å². The maximum atomic E-state index is 5.89. The van der Waals surface area contributed by atoms with Crippen molar-refractivity contribution in [1.82, 2.24) is 0 Å². The Kier molecular flexibility index (Phi) is 5.62. The maximum absolute atomic E-state index is 5.89. The van der Waals surface area contributed by atoms with Crippen molar-refractivity contribution in [1.29, 1.82) is 0 Å². The van der Waals surface area contributed by atoms with Gasteiger partial charge < -0.3 is 11.5 Å². The van der Waals surface area contributed by atoms with E-state index in [1.54, 1.807) is 0 Å². The van der Waals surface area contributed by atoms with Crippen LogP contribution in [0.2, 0.25) is 0 Å². The lowest BCUT2D eigenvalue weighted by atomic mass is 9.89. The molecule has 0 saturated carbocycles. The molecular weight excluding hydrogens is 316 g/mol. The van der Waals surface area contributed by atoms with Crippen LogP contribution < -0.4 is 11.5 Å². The largest absolute Gasteiger partial charge is 0.399 e. The standard InChI is InChI=1S/C24H28N2/c1-17(13-19-5-3-7-23(25)15-19)21-9-11-22(12-10-21)18(2)14-20-6-4-8-24(26)16-20/h3-12,15-18H,13-14,25-26H2,1-2H3. The molecule has 2 atom stereocenters. The number of hydrogen-bond donors (Lipinski definition) is 2. The Morgan fingerprint density at radius 3 is 1.35 bits per heavy atom. The average molecular weight is 345 g/mol. The van der Waals surface area contributed by atoms with Crippen LogP contribution in [-0.4, -0.2) is 0 Å². The fourth-order valence-electron chi connectivity index (χ4n) is 3.54. The predicted octanol–water partition coefficient (Wildman–Crippen LogP) is 5.54. The fraction of sp³-hybridized carbons (Fsp3) is 0.250. The van der Waals surface area contributed by atoms with E-state index in [9.17, 15) is 0 Å². The SMILES string of the molecule is CC(Cc1cccc(N)c1)c1ccc(C(C)Cc2cccc(N)c2)cc1. The van der Waals surface area contributed by atoms with E-state index >= 15 is 0 Å². The summed E-state index contributed by atoms with van der Waals surface area (Å²) in [5, 5.41) is 0. The van der Waals surface area contributed by atoms with Gasteiger partial charge in [0.1, 0.15) is 0 Å². The van der Waals surface area contributed by atoms with Crippen molar-refractivity contribution in [2.24, 2.45) is 0 Å². The minimum absolute atomic E-state index is 0.468. The number of nitrogen functional groups attached to an aromatic ring is 2. The molecule has 2 heteroatoms. The summed E-state index contributed by atoms with van der Waals surface area (Å²) in [6.07, 6.45) is 2.01. The van der Waals surface area contributed by atoms with Crippen molar-refractivity contribution in [2.75, 3.05) is 11.5 Å².